The van der Waals surface area contributed by atoms with Crippen LogP contribution < -0.4 is 15.4 Å². The minimum atomic E-state index is -4.64. The molecule has 0 aliphatic heterocycles. The maximum absolute atomic E-state index is 14.9. The fourth-order valence-electron chi connectivity index (χ4n) is 4.52. The molecule has 4 aromatic rings. The second-order valence-corrected chi connectivity index (χ2v) is 10.3. The number of nitrogens with one attached hydrogen (secondary N) is 2. The van der Waals surface area contributed by atoms with Gasteiger partial charge in [0.05, 0.1) is 16.7 Å². The molecular weight excluding hydrogens is 554 g/mol. The lowest BCUT2D eigenvalue weighted by molar-refractivity contribution is -0.137. The fraction of sp³-hybridized carbons (Fsp3) is 0.276. The molecule has 0 spiro atoms. The summed E-state index contributed by atoms with van der Waals surface area (Å²) >= 11 is 0. The number of likely N-dealkylation sites (N-methyl/N-ethyl adjacent to an activating group) is 1. The van der Waals surface area contributed by atoms with Crippen LogP contribution in [0.1, 0.15) is 35.3 Å². The number of carbonyl (C=O) groups is 1. The monoisotopic (exact) mass is 583 g/mol. The molecule has 9 nitrogen and oxygen atoms in total. The number of anilines is 2. The number of ether oxygens (including phenoxy) is 1. The summed E-state index contributed by atoms with van der Waals surface area (Å²) in [6, 6.07) is 9.95. The zero-order valence-electron chi connectivity index (χ0n) is 23.5. The van der Waals surface area contributed by atoms with Crippen LogP contribution in [0.15, 0.2) is 61.1 Å². The summed E-state index contributed by atoms with van der Waals surface area (Å²) < 4.78 is 61.5. The average molecular weight is 584 g/mol. The van der Waals surface area contributed by atoms with Gasteiger partial charge in [0.1, 0.15) is 17.9 Å². The number of pyridine rings is 1. The molecule has 0 aliphatic rings. The molecule has 0 bridgehead atoms. The van der Waals surface area contributed by atoms with Gasteiger partial charge in [0.2, 0.25) is 11.8 Å². The number of hydrogen-bond donors (Lipinski definition) is 2. The van der Waals surface area contributed by atoms with Crippen molar-refractivity contribution >= 4 is 17.5 Å². The quantitative estimate of drug-likeness (QED) is 0.231. The Morgan fingerprint density at radius 2 is 1.79 bits per heavy atom. The molecular formula is C29H29F4N7O2. The van der Waals surface area contributed by atoms with Crippen molar-refractivity contribution in [2.75, 3.05) is 38.3 Å². The Morgan fingerprint density at radius 3 is 2.48 bits per heavy atom. The van der Waals surface area contributed by atoms with Crippen molar-refractivity contribution in [3.8, 4) is 23.0 Å². The highest BCUT2D eigenvalue weighted by atomic mass is 19.4. The maximum atomic E-state index is 14.9. The third-order valence-corrected chi connectivity index (χ3v) is 6.24. The van der Waals surface area contributed by atoms with Gasteiger partial charge in [-0.25, -0.2) is 19.3 Å². The van der Waals surface area contributed by atoms with Crippen molar-refractivity contribution in [1.82, 2.24) is 24.8 Å². The number of alkyl halides is 3. The summed E-state index contributed by atoms with van der Waals surface area (Å²) in [5.41, 5.74) is -1.24. The van der Waals surface area contributed by atoms with Gasteiger partial charge in [-0.2, -0.15) is 18.2 Å². The lowest BCUT2D eigenvalue weighted by atomic mass is 9.82. The van der Waals surface area contributed by atoms with Crippen LogP contribution >= 0.6 is 0 Å². The molecule has 42 heavy (non-hydrogen) atoms. The zero-order valence-corrected chi connectivity index (χ0v) is 23.5. The van der Waals surface area contributed by atoms with Crippen LogP contribution in [-0.2, 0) is 11.6 Å². The topological polar surface area (TPSA) is 105 Å². The highest BCUT2D eigenvalue weighted by Crippen LogP contribution is 2.37. The highest BCUT2D eigenvalue weighted by Gasteiger charge is 2.33. The molecule has 2 aromatic carbocycles. The Balaban J connectivity index is 1.68. The van der Waals surface area contributed by atoms with Gasteiger partial charge in [-0.1, -0.05) is 19.9 Å². The van der Waals surface area contributed by atoms with Crippen molar-refractivity contribution in [3.63, 3.8) is 0 Å². The molecule has 13 heteroatoms. The molecule has 0 radical (unpaired) electrons. The van der Waals surface area contributed by atoms with Crippen molar-refractivity contribution in [3.05, 3.63) is 83.6 Å². The largest absolute Gasteiger partial charge is 0.438 e. The number of halogens is 4. The predicted octanol–water partition coefficient (Wildman–Crippen LogP) is 6.02. The maximum Gasteiger partial charge on any atom is 0.416 e. The molecule has 4 rings (SSSR count). The molecule has 0 fully saturated rings. The lowest BCUT2D eigenvalue weighted by Gasteiger charge is -2.31. The number of rotatable bonds is 9. The summed E-state index contributed by atoms with van der Waals surface area (Å²) in [5.74, 6) is -1.13. The molecule has 1 amide bonds. The normalized spacial score (nSPS) is 11.9. The molecule has 220 valence electrons. The van der Waals surface area contributed by atoms with Crippen molar-refractivity contribution in [1.29, 1.82) is 0 Å². The van der Waals surface area contributed by atoms with E-state index >= 15 is 0 Å². The van der Waals surface area contributed by atoms with Gasteiger partial charge in [-0.05, 0) is 62.1 Å². The van der Waals surface area contributed by atoms with Crippen LogP contribution in [0, 0.1) is 5.82 Å². The van der Waals surface area contributed by atoms with Crippen LogP contribution in [0.2, 0.25) is 0 Å². The number of aromatic nitrogens is 4. The Kier molecular flexibility index (Phi) is 8.71. The number of benzene rings is 2. The number of amides is 1. The van der Waals surface area contributed by atoms with E-state index in [-0.39, 0.29) is 23.1 Å². The smallest absolute Gasteiger partial charge is 0.416 e. The van der Waals surface area contributed by atoms with Gasteiger partial charge in [-0.15, -0.1) is 0 Å². The van der Waals surface area contributed by atoms with E-state index in [2.05, 4.69) is 30.6 Å². The molecule has 2 aromatic heterocycles. The van der Waals surface area contributed by atoms with Crippen molar-refractivity contribution in [2.24, 2.45) is 0 Å². The number of carbonyl (C=O) groups excluding carboxylic acids is 1. The third kappa shape index (κ3) is 6.97. The van der Waals surface area contributed by atoms with E-state index in [1.54, 1.807) is 19.2 Å². The second kappa shape index (κ2) is 12.1. The van der Waals surface area contributed by atoms with Crippen LogP contribution in [0.5, 0.6) is 11.6 Å². The third-order valence-electron chi connectivity index (χ3n) is 6.24. The molecule has 0 atom stereocenters. The number of hydrogen-bond acceptors (Lipinski definition) is 8. The fourth-order valence-corrected chi connectivity index (χ4v) is 4.52. The first-order valence-corrected chi connectivity index (χ1v) is 12.8. The molecule has 0 unspecified atom stereocenters. The van der Waals surface area contributed by atoms with E-state index in [1.807, 2.05) is 32.8 Å². The molecule has 0 saturated heterocycles. The molecule has 2 heterocycles. The van der Waals surface area contributed by atoms with Crippen LogP contribution in [0.4, 0.5) is 29.2 Å². The van der Waals surface area contributed by atoms with Crippen LogP contribution in [0.3, 0.4) is 0 Å². The summed E-state index contributed by atoms with van der Waals surface area (Å²) in [5, 5.41) is 5.31. The minimum Gasteiger partial charge on any atom is -0.438 e. The van der Waals surface area contributed by atoms with Gasteiger partial charge in [-0.3, -0.25) is 4.79 Å². The Labute approximate surface area is 240 Å². The van der Waals surface area contributed by atoms with Crippen LogP contribution in [-0.4, -0.2) is 58.4 Å². The van der Waals surface area contributed by atoms with Crippen LogP contribution in [0.25, 0.3) is 11.4 Å². The summed E-state index contributed by atoms with van der Waals surface area (Å²) in [6.45, 7) is 4.16. The SMILES string of the molecule is CNc1ncnc(-c2cccnc2Oc2ccc(F)c(C(=O)Nc3cc(C(F)(F)F)ccc3C(C)(C)CN(C)C)c2)n1. The average Bonchev–Trinajstić information content (AvgIpc) is 2.93. The second-order valence-electron chi connectivity index (χ2n) is 10.3. The van der Waals surface area contributed by atoms with Gasteiger partial charge >= 0.3 is 6.18 Å². The van der Waals surface area contributed by atoms with Crippen molar-refractivity contribution in [2.45, 2.75) is 25.4 Å². The van der Waals surface area contributed by atoms with E-state index in [4.69, 9.17) is 4.74 Å². The van der Waals surface area contributed by atoms with E-state index in [1.165, 1.54) is 24.7 Å². The first-order valence-electron chi connectivity index (χ1n) is 12.8. The standard InChI is InChI=1S/C29H29F4N7O2/c1-28(2,15-40(4)5)21-10-8-17(29(31,32)33)13-23(21)38-25(41)20-14-18(9-11-22(20)30)42-26-19(7-6-12-35-26)24-36-16-37-27(34-3)39-24/h6-14,16H,15H2,1-5H3,(H,38,41)(H,34,36,37,39). The van der Waals surface area contributed by atoms with E-state index < -0.39 is 34.4 Å². The summed E-state index contributed by atoms with van der Waals surface area (Å²) in [4.78, 5) is 31.8. The zero-order chi connectivity index (χ0) is 30.7. The van der Waals surface area contributed by atoms with Gasteiger partial charge in [0.15, 0.2) is 5.82 Å². The predicted molar refractivity (Wildman–Crippen MR) is 150 cm³/mol. The van der Waals surface area contributed by atoms with Gasteiger partial charge < -0.3 is 20.3 Å². The first kappa shape index (κ1) is 30.3. The van der Waals surface area contributed by atoms with E-state index in [0.29, 0.717) is 23.6 Å². The molecule has 0 saturated carbocycles. The summed E-state index contributed by atoms with van der Waals surface area (Å²) in [7, 11) is 5.31. The first-order chi connectivity index (χ1) is 19.8. The highest BCUT2D eigenvalue weighted by molar-refractivity contribution is 6.05. The Morgan fingerprint density at radius 1 is 1.02 bits per heavy atom. The number of nitrogens with zero attached hydrogens (tertiary/aromatic N) is 5. The Hall–Kier alpha value is -4.65. The molecule has 2 N–H and O–H groups in total. The Bertz CT molecular complexity index is 1590. The van der Waals surface area contributed by atoms with E-state index in [0.717, 1.165) is 24.3 Å². The van der Waals surface area contributed by atoms with Gasteiger partial charge in [0.25, 0.3) is 5.91 Å². The lowest BCUT2D eigenvalue weighted by Crippen LogP contribution is -2.33. The molecule has 0 aliphatic carbocycles. The van der Waals surface area contributed by atoms with Crippen molar-refractivity contribution < 1.29 is 27.1 Å². The van der Waals surface area contributed by atoms with E-state index in [9.17, 15) is 22.4 Å². The van der Waals surface area contributed by atoms with Gasteiger partial charge in [0, 0.05) is 30.9 Å². The minimum absolute atomic E-state index is 0.0570. The summed E-state index contributed by atoms with van der Waals surface area (Å²) in [6.07, 6.45) is -1.86.